The first kappa shape index (κ1) is 20.1. The Hall–Kier alpha value is -3.61. The Balaban J connectivity index is 1.52. The molecule has 0 saturated heterocycles. The molecule has 150 valence electrons. The van der Waals surface area contributed by atoms with Crippen LogP contribution in [-0.2, 0) is 6.42 Å². The summed E-state index contributed by atoms with van der Waals surface area (Å²) >= 11 is 0. The van der Waals surface area contributed by atoms with Crippen molar-refractivity contribution in [2.75, 3.05) is 26.1 Å². The second-order valence-corrected chi connectivity index (χ2v) is 6.32. The molecule has 3 rings (SSSR count). The van der Waals surface area contributed by atoms with E-state index in [0.717, 1.165) is 18.5 Å². The van der Waals surface area contributed by atoms with E-state index in [0.29, 0.717) is 23.9 Å². The van der Waals surface area contributed by atoms with Crippen LogP contribution in [0.2, 0.25) is 0 Å². The molecule has 3 aromatic rings. The number of nitrogens with one attached hydrogen (secondary N) is 2. The maximum Gasteiger partial charge on any atom is 0.271 e. The molecule has 0 aliphatic rings. The van der Waals surface area contributed by atoms with Gasteiger partial charge < -0.3 is 20.1 Å². The standard InChI is InChI=1S/C22H24N4O3/c1-28-17-10-11-18(20(13-17)29-2)26-21-15-24-19(14-25-21)22(27)23-12-6-9-16-7-4-3-5-8-16/h3-5,7-8,10-11,13-15H,6,9,12H2,1-2H3,(H,23,27)(H,25,26). The van der Waals surface area contributed by atoms with Crippen molar-refractivity contribution in [1.82, 2.24) is 15.3 Å². The topological polar surface area (TPSA) is 85.4 Å². The molecule has 0 bridgehead atoms. The summed E-state index contributed by atoms with van der Waals surface area (Å²) in [5.41, 5.74) is 2.25. The lowest BCUT2D eigenvalue weighted by atomic mass is 10.1. The van der Waals surface area contributed by atoms with Gasteiger partial charge in [0.1, 0.15) is 23.0 Å². The van der Waals surface area contributed by atoms with E-state index < -0.39 is 0 Å². The molecule has 0 radical (unpaired) electrons. The van der Waals surface area contributed by atoms with Crippen LogP contribution in [0.15, 0.2) is 60.9 Å². The number of rotatable bonds is 9. The van der Waals surface area contributed by atoms with Gasteiger partial charge in [-0.25, -0.2) is 9.97 Å². The molecule has 1 heterocycles. The van der Waals surface area contributed by atoms with E-state index in [1.165, 1.54) is 18.0 Å². The van der Waals surface area contributed by atoms with Crippen LogP contribution >= 0.6 is 0 Å². The molecule has 0 fully saturated rings. The largest absolute Gasteiger partial charge is 0.497 e. The first-order valence-corrected chi connectivity index (χ1v) is 9.33. The maximum atomic E-state index is 12.2. The molecule has 0 spiro atoms. The fourth-order valence-corrected chi connectivity index (χ4v) is 2.78. The highest BCUT2D eigenvalue weighted by molar-refractivity contribution is 5.92. The van der Waals surface area contributed by atoms with Crippen LogP contribution in [0.25, 0.3) is 0 Å². The number of nitrogens with zero attached hydrogens (tertiary/aromatic N) is 2. The van der Waals surface area contributed by atoms with Gasteiger partial charge in [-0.3, -0.25) is 4.79 Å². The first-order chi connectivity index (χ1) is 14.2. The van der Waals surface area contributed by atoms with Crippen LogP contribution in [0.3, 0.4) is 0 Å². The van der Waals surface area contributed by atoms with Crippen LogP contribution in [0.1, 0.15) is 22.5 Å². The average molecular weight is 392 g/mol. The van der Waals surface area contributed by atoms with Crippen molar-refractivity contribution < 1.29 is 14.3 Å². The van der Waals surface area contributed by atoms with Crippen molar-refractivity contribution in [1.29, 1.82) is 0 Å². The quantitative estimate of drug-likeness (QED) is 0.541. The first-order valence-electron chi connectivity index (χ1n) is 9.33. The summed E-state index contributed by atoms with van der Waals surface area (Å²) in [5.74, 6) is 1.58. The van der Waals surface area contributed by atoms with Crippen molar-refractivity contribution in [3.05, 3.63) is 72.2 Å². The Bertz CT molecular complexity index is 931. The van der Waals surface area contributed by atoms with E-state index in [-0.39, 0.29) is 11.6 Å². The molecule has 0 aliphatic heterocycles. The predicted molar refractivity (Wildman–Crippen MR) is 112 cm³/mol. The van der Waals surface area contributed by atoms with Crippen LogP contribution in [-0.4, -0.2) is 36.6 Å². The van der Waals surface area contributed by atoms with E-state index in [2.05, 4.69) is 32.7 Å². The smallest absolute Gasteiger partial charge is 0.271 e. The molecule has 1 amide bonds. The van der Waals surface area contributed by atoms with Crippen molar-refractivity contribution in [2.45, 2.75) is 12.8 Å². The number of aryl methyl sites for hydroxylation is 1. The number of amides is 1. The van der Waals surface area contributed by atoms with Crippen molar-refractivity contribution in [3.8, 4) is 11.5 Å². The molecule has 2 N–H and O–H groups in total. The Kier molecular flexibility index (Phi) is 7.00. The molecule has 29 heavy (non-hydrogen) atoms. The van der Waals surface area contributed by atoms with Gasteiger partial charge in [-0.2, -0.15) is 0 Å². The third-order valence-corrected chi connectivity index (χ3v) is 4.33. The number of hydrogen-bond acceptors (Lipinski definition) is 6. The minimum Gasteiger partial charge on any atom is -0.497 e. The number of carbonyl (C=O) groups excluding carboxylic acids is 1. The van der Waals surface area contributed by atoms with Gasteiger partial charge >= 0.3 is 0 Å². The van der Waals surface area contributed by atoms with Gasteiger partial charge in [0, 0.05) is 12.6 Å². The number of hydrogen-bond donors (Lipinski definition) is 2. The molecule has 7 heteroatoms. The second kappa shape index (κ2) is 10.1. The summed E-state index contributed by atoms with van der Waals surface area (Å²) in [6.45, 7) is 0.582. The molecular formula is C22H24N4O3. The van der Waals surface area contributed by atoms with Crippen molar-refractivity contribution in [3.63, 3.8) is 0 Å². The Morgan fingerprint density at radius 3 is 2.52 bits per heavy atom. The highest BCUT2D eigenvalue weighted by Gasteiger charge is 2.09. The lowest BCUT2D eigenvalue weighted by Crippen LogP contribution is -2.25. The highest BCUT2D eigenvalue weighted by Crippen LogP contribution is 2.30. The second-order valence-electron chi connectivity index (χ2n) is 6.32. The van der Waals surface area contributed by atoms with Crippen LogP contribution in [0.4, 0.5) is 11.5 Å². The summed E-state index contributed by atoms with van der Waals surface area (Å²) in [6.07, 6.45) is 4.74. The van der Waals surface area contributed by atoms with Gasteiger partial charge in [-0.15, -0.1) is 0 Å². The lowest BCUT2D eigenvalue weighted by molar-refractivity contribution is 0.0948. The van der Waals surface area contributed by atoms with Crippen molar-refractivity contribution in [2.24, 2.45) is 0 Å². The van der Waals surface area contributed by atoms with E-state index >= 15 is 0 Å². The zero-order valence-electron chi connectivity index (χ0n) is 16.5. The minimum atomic E-state index is -0.237. The molecule has 0 unspecified atom stereocenters. The SMILES string of the molecule is COc1ccc(Nc2cnc(C(=O)NCCCc3ccccc3)cn2)c(OC)c1. The van der Waals surface area contributed by atoms with Crippen molar-refractivity contribution >= 4 is 17.4 Å². The van der Waals surface area contributed by atoms with Crippen LogP contribution in [0.5, 0.6) is 11.5 Å². The summed E-state index contributed by atoms with van der Waals surface area (Å²) in [6, 6.07) is 15.6. The molecule has 0 saturated carbocycles. The molecule has 0 aliphatic carbocycles. The Morgan fingerprint density at radius 1 is 1.00 bits per heavy atom. The zero-order chi connectivity index (χ0) is 20.5. The minimum absolute atomic E-state index is 0.237. The molecule has 7 nitrogen and oxygen atoms in total. The van der Waals surface area contributed by atoms with Gasteiger partial charge in [-0.05, 0) is 30.5 Å². The lowest BCUT2D eigenvalue weighted by Gasteiger charge is -2.12. The number of benzene rings is 2. The highest BCUT2D eigenvalue weighted by atomic mass is 16.5. The van der Waals surface area contributed by atoms with Gasteiger partial charge in [0.05, 0.1) is 32.3 Å². The normalized spacial score (nSPS) is 10.3. The van der Waals surface area contributed by atoms with Crippen LogP contribution < -0.4 is 20.1 Å². The number of methoxy groups -OCH3 is 2. The maximum absolute atomic E-state index is 12.2. The van der Waals surface area contributed by atoms with E-state index in [9.17, 15) is 4.79 Å². The third-order valence-electron chi connectivity index (χ3n) is 4.33. The van der Waals surface area contributed by atoms with Gasteiger partial charge in [0.25, 0.3) is 5.91 Å². The zero-order valence-corrected chi connectivity index (χ0v) is 16.5. The predicted octanol–water partition coefficient (Wildman–Crippen LogP) is 3.60. The number of anilines is 2. The third kappa shape index (κ3) is 5.68. The van der Waals surface area contributed by atoms with Gasteiger partial charge in [0.15, 0.2) is 0 Å². The molecule has 0 atom stereocenters. The average Bonchev–Trinajstić information content (AvgIpc) is 2.78. The summed E-state index contributed by atoms with van der Waals surface area (Å²) in [4.78, 5) is 20.7. The van der Waals surface area contributed by atoms with E-state index in [1.807, 2.05) is 30.3 Å². The van der Waals surface area contributed by atoms with Gasteiger partial charge in [0.2, 0.25) is 0 Å². The summed E-state index contributed by atoms with van der Waals surface area (Å²) < 4.78 is 10.5. The monoisotopic (exact) mass is 392 g/mol. The van der Waals surface area contributed by atoms with Crippen LogP contribution in [0, 0.1) is 0 Å². The summed E-state index contributed by atoms with van der Waals surface area (Å²) in [7, 11) is 3.18. The Morgan fingerprint density at radius 2 is 1.83 bits per heavy atom. The molecular weight excluding hydrogens is 368 g/mol. The van der Waals surface area contributed by atoms with E-state index in [4.69, 9.17) is 9.47 Å². The molecule has 2 aromatic carbocycles. The fourth-order valence-electron chi connectivity index (χ4n) is 2.78. The molecule has 1 aromatic heterocycles. The summed E-state index contributed by atoms with van der Waals surface area (Å²) in [5, 5.41) is 6.00. The Labute approximate surface area is 170 Å². The van der Waals surface area contributed by atoms with Gasteiger partial charge in [-0.1, -0.05) is 30.3 Å². The number of aromatic nitrogens is 2. The number of carbonyl (C=O) groups is 1. The fraction of sp³-hybridized carbons (Fsp3) is 0.227. The number of ether oxygens (including phenoxy) is 2. The van der Waals surface area contributed by atoms with E-state index in [1.54, 1.807) is 20.3 Å².